The van der Waals surface area contributed by atoms with E-state index in [-0.39, 0.29) is 18.1 Å². The zero-order chi connectivity index (χ0) is 16.8. The summed E-state index contributed by atoms with van der Waals surface area (Å²) in [6.45, 7) is 2.18. The molecule has 0 fully saturated rings. The number of hydrogen-bond donors (Lipinski definition) is 1. The van der Waals surface area contributed by atoms with Crippen LogP contribution in [0.25, 0.3) is 0 Å². The van der Waals surface area contributed by atoms with Gasteiger partial charge in [0.05, 0.1) is 6.54 Å². The summed E-state index contributed by atoms with van der Waals surface area (Å²) >= 11 is 0. The monoisotopic (exact) mass is 326 g/mol. The maximum atomic E-state index is 12.0. The van der Waals surface area contributed by atoms with Crippen LogP contribution in [-0.4, -0.2) is 21.2 Å². The summed E-state index contributed by atoms with van der Waals surface area (Å²) in [7, 11) is 0. The second-order valence-corrected chi connectivity index (χ2v) is 5.38. The SMILES string of the molecule is CCCc1cc(C(=O)NCc2nc(Cc3ccccc3)no2)no1. The highest BCUT2D eigenvalue weighted by Crippen LogP contribution is 2.08. The van der Waals surface area contributed by atoms with Gasteiger partial charge in [0.15, 0.2) is 11.5 Å². The maximum Gasteiger partial charge on any atom is 0.273 e. The van der Waals surface area contributed by atoms with Gasteiger partial charge in [-0.25, -0.2) is 0 Å². The first-order chi connectivity index (χ1) is 11.7. The predicted molar refractivity (Wildman–Crippen MR) is 85.2 cm³/mol. The van der Waals surface area contributed by atoms with Crippen molar-refractivity contribution in [3.8, 4) is 0 Å². The van der Waals surface area contributed by atoms with Crippen molar-refractivity contribution in [3.63, 3.8) is 0 Å². The van der Waals surface area contributed by atoms with E-state index in [1.54, 1.807) is 6.07 Å². The molecule has 0 unspecified atom stereocenters. The van der Waals surface area contributed by atoms with Crippen LogP contribution in [-0.2, 0) is 19.4 Å². The fraction of sp³-hybridized carbons (Fsp3) is 0.294. The normalized spacial score (nSPS) is 10.7. The second-order valence-electron chi connectivity index (χ2n) is 5.38. The lowest BCUT2D eigenvalue weighted by Crippen LogP contribution is -2.23. The summed E-state index contributed by atoms with van der Waals surface area (Å²) < 4.78 is 10.2. The molecular formula is C17H18N4O3. The van der Waals surface area contributed by atoms with Crippen LogP contribution in [0.15, 0.2) is 45.4 Å². The van der Waals surface area contributed by atoms with Gasteiger partial charge in [-0.2, -0.15) is 4.98 Å². The van der Waals surface area contributed by atoms with E-state index in [0.717, 1.165) is 18.4 Å². The summed E-state index contributed by atoms with van der Waals surface area (Å²) in [5.74, 6) is 1.30. The average molecular weight is 326 g/mol. The van der Waals surface area contributed by atoms with Gasteiger partial charge < -0.3 is 14.4 Å². The van der Waals surface area contributed by atoms with Crippen LogP contribution >= 0.6 is 0 Å². The molecule has 3 rings (SSSR count). The number of carbonyl (C=O) groups excluding carboxylic acids is 1. The smallest absolute Gasteiger partial charge is 0.273 e. The van der Waals surface area contributed by atoms with E-state index in [1.807, 2.05) is 37.3 Å². The van der Waals surface area contributed by atoms with Crippen molar-refractivity contribution in [2.24, 2.45) is 0 Å². The summed E-state index contributed by atoms with van der Waals surface area (Å²) in [6.07, 6.45) is 2.27. The number of carbonyl (C=O) groups is 1. The molecule has 0 saturated heterocycles. The standard InChI is InChI=1S/C17H18N4O3/c1-2-6-13-10-14(20-23-13)17(22)18-11-16-19-15(21-24-16)9-12-7-4-3-5-8-12/h3-5,7-8,10H,2,6,9,11H2,1H3,(H,18,22). The Balaban J connectivity index is 1.54. The van der Waals surface area contributed by atoms with Gasteiger partial charge in [0.2, 0.25) is 5.89 Å². The third-order valence-electron chi connectivity index (χ3n) is 3.40. The van der Waals surface area contributed by atoms with Crippen LogP contribution in [0, 0.1) is 0 Å². The Kier molecular flexibility index (Phi) is 5.00. The minimum atomic E-state index is -0.330. The lowest BCUT2D eigenvalue weighted by Gasteiger charge is -1.97. The van der Waals surface area contributed by atoms with Crippen molar-refractivity contribution >= 4 is 5.91 Å². The number of amides is 1. The van der Waals surface area contributed by atoms with E-state index in [2.05, 4.69) is 20.6 Å². The van der Waals surface area contributed by atoms with Gasteiger partial charge >= 0.3 is 0 Å². The van der Waals surface area contributed by atoms with Gasteiger partial charge in [0.25, 0.3) is 5.91 Å². The fourth-order valence-electron chi connectivity index (χ4n) is 2.24. The summed E-state index contributed by atoms with van der Waals surface area (Å²) in [5, 5.41) is 10.4. The number of aryl methyl sites for hydroxylation is 1. The molecule has 3 aromatic rings. The third-order valence-corrected chi connectivity index (χ3v) is 3.40. The quantitative estimate of drug-likeness (QED) is 0.717. The summed E-state index contributed by atoms with van der Waals surface area (Å²) in [4.78, 5) is 16.3. The molecule has 7 nitrogen and oxygen atoms in total. The number of nitrogens with zero attached hydrogens (tertiary/aromatic N) is 3. The number of nitrogens with one attached hydrogen (secondary N) is 1. The van der Waals surface area contributed by atoms with Crippen molar-refractivity contribution in [2.45, 2.75) is 32.7 Å². The average Bonchev–Trinajstić information content (AvgIpc) is 3.24. The van der Waals surface area contributed by atoms with Crippen LogP contribution in [0.2, 0.25) is 0 Å². The Bertz CT molecular complexity index is 795. The Hall–Kier alpha value is -2.96. The van der Waals surface area contributed by atoms with Crippen molar-refractivity contribution in [1.29, 1.82) is 0 Å². The zero-order valence-electron chi connectivity index (χ0n) is 13.4. The Labute approximate surface area is 139 Å². The van der Waals surface area contributed by atoms with Gasteiger partial charge in [-0.05, 0) is 12.0 Å². The largest absolute Gasteiger partial charge is 0.361 e. The molecule has 7 heteroatoms. The van der Waals surface area contributed by atoms with Gasteiger partial charge in [-0.3, -0.25) is 4.79 Å². The molecule has 0 radical (unpaired) electrons. The van der Waals surface area contributed by atoms with Crippen LogP contribution in [0.4, 0.5) is 0 Å². The first kappa shape index (κ1) is 15.9. The topological polar surface area (TPSA) is 94.1 Å². The van der Waals surface area contributed by atoms with E-state index < -0.39 is 0 Å². The van der Waals surface area contributed by atoms with E-state index in [0.29, 0.717) is 23.9 Å². The molecule has 0 aliphatic carbocycles. The van der Waals surface area contributed by atoms with Crippen LogP contribution < -0.4 is 5.32 Å². The summed E-state index contributed by atoms with van der Waals surface area (Å²) in [5.41, 5.74) is 1.35. The van der Waals surface area contributed by atoms with E-state index in [1.165, 1.54) is 0 Å². The predicted octanol–water partition coefficient (Wildman–Crippen LogP) is 2.53. The number of aromatic nitrogens is 3. The fourth-order valence-corrected chi connectivity index (χ4v) is 2.24. The van der Waals surface area contributed by atoms with E-state index >= 15 is 0 Å². The lowest BCUT2D eigenvalue weighted by molar-refractivity contribution is 0.0937. The van der Waals surface area contributed by atoms with E-state index in [4.69, 9.17) is 9.05 Å². The lowest BCUT2D eigenvalue weighted by atomic mass is 10.1. The minimum Gasteiger partial charge on any atom is -0.361 e. The van der Waals surface area contributed by atoms with Crippen molar-refractivity contribution < 1.29 is 13.8 Å². The first-order valence-corrected chi connectivity index (χ1v) is 7.83. The third kappa shape index (κ3) is 4.07. The van der Waals surface area contributed by atoms with E-state index in [9.17, 15) is 4.79 Å². The molecule has 24 heavy (non-hydrogen) atoms. The highest BCUT2D eigenvalue weighted by molar-refractivity contribution is 5.92. The summed E-state index contributed by atoms with van der Waals surface area (Å²) in [6, 6.07) is 11.5. The van der Waals surface area contributed by atoms with Crippen LogP contribution in [0.5, 0.6) is 0 Å². The van der Waals surface area contributed by atoms with Crippen molar-refractivity contribution in [3.05, 3.63) is 65.1 Å². The number of rotatable bonds is 7. The highest BCUT2D eigenvalue weighted by Gasteiger charge is 2.14. The van der Waals surface area contributed by atoms with Crippen LogP contribution in [0.3, 0.4) is 0 Å². The Morgan fingerprint density at radius 2 is 2.00 bits per heavy atom. The molecule has 2 aromatic heterocycles. The molecule has 1 aromatic carbocycles. The molecule has 2 heterocycles. The Morgan fingerprint density at radius 1 is 1.17 bits per heavy atom. The Morgan fingerprint density at radius 3 is 2.79 bits per heavy atom. The molecule has 0 aliphatic heterocycles. The van der Waals surface area contributed by atoms with Gasteiger partial charge in [-0.1, -0.05) is 47.6 Å². The zero-order valence-corrected chi connectivity index (χ0v) is 13.4. The van der Waals surface area contributed by atoms with Gasteiger partial charge in [-0.15, -0.1) is 0 Å². The molecule has 0 aliphatic rings. The van der Waals surface area contributed by atoms with Crippen molar-refractivity contribution in [1.82, 2.24) is 20.6 Å². The second kappa shape index (κ2) is 7.54. The molecule has 0 spiro atoms. The number of hydrogen-bond acceptors (Lipinski definition) is 6. The molecule has 1 amide bonds. The molecule has 0 saturated carbocycles. The first-order valence-electron chi connectivity index (χ1n) is 7.83. The molecule has 0 atom stereocenters. The van der Waals surface area contributed by atoms with Crippen molar-refractivity contribution in [2.75, 3.05) is 0 Å². The van der Waals surface area contributed by atoms with Gasteiger partial charge in [0, 0.05) is 18.9 Å². The van der Waals surface area contributed by atoms with Crippen LogP contribution in [0.1, 0.15) is 46.9 Å². The highest BCUT2D eigenvalue weighted by atomic mass is 16.5. The maximum absolute atomic E-state index is 12.0. The minimum absolute atomic E-state index is 0.149. The molecular weight excluding hydrogens is 308 g/mol. The molecule has 1 N–H and O–H groups in total. The number of benzene rings is 1. The molecule has 0 bridgehead atoms. The van der Waals surface area contributed by atoms with Gasteiger partial charge in [0.1, 0.15) is 5.76 Å². The molecule has 124 valence electrons.